The van der Waals surface area contributed by atoms with E-state index in [1.54, 1.807) is 6.07 Å². The van der Waals surface area contributed by atoms with Crippen LogP contribution in [0.4, 0.5) is 11.4 Å². The monoisotopic (exact) mass is 263 g/mol. The molecule has 0 atom stereocenters. The van der Waals surface area contributed by atoms with Crippen molar-refractivity contribution in [3.8, 4) is 0 Å². The van der Waals surface area contributed by atoms with E-state index >= 15 is 0 Å². The molecule has 0 unspecified atom stereocenters. The summed E-state index contributed by atoms with van der Waals surface area (Å²) < 4.78 is 5.36. The number of carbonyl (C=O) groups is 1. The van der Waals surface area contributed by atoms with E-state index in [-0.39, 0.29) is 0 Å². The van der Waals surface area contributed by atoms with Crippen LogP contribution in [-0.4, -0.2) is 32.7 Å². The Balaban J connectivity index is 2.12. The van der Waals surface area contributed by atoms with Gasteiger partial charge >= 0.3 is 0 Å². The third-order valence-electron chi connectivity index (χ3n) is 3.63. The first-order valence-electron chi connectivity index (χ1n) is 6.56. The Morgan fingerprint density at radius 3 is 2.74 bits per heavy atom. The summed E-state index contributed by atoms with van der Waals surface area (Å²) in [7, 11) is 1.99. The third kappa shape index (κ3) is 3.17. The lowest BCUT2D eigenvalue weighted by atomic mass is 9.99. The Morgan fingerprint density at radius 1 is 1.42 bits per heavy atom. The van der Waals surface area contributed by atoms with Crippen LogP contribution in [0.15, 0.2) is 18.2 Å². The van der Waals surface area contributed by atoms with E-state index in [4.69, 9.17) is 16.2 Å². The lowest BCUT2D eigenvalue weighted by Crippen LogP contribution is -2.30. The average Bonchev–Trinajstić information content (AvgIpc) is 2.39. The predicted molar refractivity (Wildman–Crippen MR) is 76.2 cm³/mol. The van der Waals surface area contributed by atoms with Gasteiger partial charge in [0.1, 0.15) is 0 Å². The molecule has 1 aliphatic rings. The largest absolute Gasteiger partial charge is 0.396 e. The molecule has 1 amide bonds. The van der Waals surface area contributed by atoms with E-state index < -0.39 is 5.91 Å². The van der Waals surface area contributed by atoms with Crippen LogP contribution in [0.25, 0.3) is 0 Å². The van der Waals surface area contributed by atoms with Gasteiger partial charge in [0.05, 0.1) is 16.9 Å². The van der Waals surface area contributed by atoms with Crippen molar-refractivity contribution in [2.24, 2.45) is 11.7 Å². The second kappa shape index (κ2) is 5.93. The first-order chi connectivity index (χ1) is 9.09. The minimum absolute atomic E-state index is 0.385. The van der Waals surface area contributed by atoms with E-state index in [1.165, 1.54) is 0 Å². The normalized spacial score (nSPS) is 16.3. The van der Waals surface area contributed by atoms with Gasteiger partial charge in [-0.2, -0.15) is 0 Å². The molecule has 1 aromatic carbocycles. The van der Waals surface area contributed by atoms with Gasteiger partial charge in [-0.1, -0.05) is 6.07 Å². The molecule has 1 aliphatic heterocycles. The molecule has 1 saturated heterocycles. The number of rotatable bonds is 4. The van der Waals surface area contributed by atoms with Gasteiger partial charge in [0.25, 0.3) is 5.91 Å². The number of ether oxygens (including phenoxy) is 1. The number of amides is 1. The maximum absolute atomic E-state index is 11.3. The lowest BCUT2D eigenvalue weighted by molar-refractivity contribution is 0.0685. The predicted octanol–water partition coefficient (Wildman–Crippen LogP) is 1.23. The standard InChI is InChI=1S/C14H21N3O2/c1-17(9-10-5-7-19-8-6-10)12-4-2-3-11(13(12)15)14(16)18/h2-4,10H,5-9,15H2,1H3,(H2,16,18). The summed E-state index contributed by atoms with van der Waals surface area (Å²) >= 11 is 0. The van der Waals surface area contributed by atoms with Crippen LogP contribution in [-0.2, 0) is 4.74 Å². The average molecular weight is 263 g/mol. The highest BCUT2D eigenvalue weighted by atomic mass is 16.5. The van der Waals surface area contributed by atoms with Crippen LogP contribution in [0.2, 0.25) is 0 Å². The minimum atomic E-state index is -0.487. The fourth-order valence-corrected chi connectivity index (χ4v) is 2.52. The van der Waals surface area contributed by atoms with Gasteiger partial charge in [0, 0.05) is 26.8 Å². The van der Waals surface area contributed by atoms with Crippen molar-refractivity contribution in [1.82, 2.24) is 0 Å². The molecule has 5 nitrogen and oxygen atoms in total. The van der Waals surface area contributed by atoms with Crippen molar-refractivity contribution in [2.45, 2.75) is 12.8 Å². The highest BCUT2D eigenvalue weighted by Crippen LogP contribution is 2.27. The molecule has 0 aromatic heterocycles. The molecule has 4 N–H and O–H groups in total. The number of primary amides is 1. The number of anilines is 2. The van der Waals surface area contributed by atoms with Crippen molar-refractivity contribution in [3.63, 3.8) is 0 Å². The van der Waals surface area contributed by atoms with Gasteiger partial charge in [-0.15, -0.1) is 0 Å². The highest BCUT2D eigenvalue weighted by molar-refractivity contribution is 6.00. The Morgan fingerprint density at radius 2 is 2.11 bits per heavy atom. The van der Waals surface area contributed by atoms with Crippen LogP contribution in [0.3, 0.4) is 0 Å². The fourth-order valence-electron chi connectivity index (χ4n) is 2.52. The van der Waals surface area contributed by atoms with E-state index in [0.29, 0.717) is 17.2 Å². The molecular formula is C14H21N3O2. The first-order valence-corrected chi connectivity index (χ1v) is 6.56. The van der Waals surface area contributed by atoms with E-state index in [2.05, 4.69) is 4.90 Å². The van der Waals surface area contributed by atoms with Crippen molar-refractivity contribution in [3.05, 3.63) is 23.8 Å². The number of nitrogens with zero attached hydrogens (tertiary/aromatic N) is 1. The second-order valence-corrected chi connectivity index (χ2v) is 5.04. The van der Waals surface area contributed by atoms with Crippen molar-refractivity contribution >= 4 is 17.3 Å². The molecule has 0 bridgehead atoms. The van der Waals surface area contributed by atoms with Gasteiger partial charge in [0.2, 0.25) is 0 Å². The van der Waals surface area contributed by atoms with E-state index in [9.17, 15) is 4.79 Å². The summed E-state index contributed by atoms with van der Waals surface area (Å²) in [4.78, 5) is 13.4. The van der Waals surface area contributed by atoms with Gasteiger partial charge in [-0.3, -0.25) is 4.79 Å². The van der Waals surface area contributed by atoms with Crippen LogP contribution in [0.5, 0.6) is 0 Å². The lowest BCUT2D eigenvalue weighted by Gasteiger charge is -2.29. The molecule has 5 heteroatoms. The molecule has 0 radical (unpaired) electrons. The zero-order valence-electron chi connectivity index (χ0n) is 11.3. The zero-order chi connectivity index (χ0) is 13.8. The summed E-state index contributed by atoms with van der Waals surface area (Å²) in [6, 6.07) is 5.39. The van der Waals surface area contributed by atoms with Gasteiger partial charge in [-0.05, 0) is 30.9 Å². The molecule has 19 heavy (non-hydrogen) atoms. The number of carbonyl (C=O) groups excluding carboxylic acids is 1. The number of nitrogen functional groups attached to an aromatic ring is 1. The number of benzene rings is 1. The maximum Gasteiger partial charge on any atom is 0.250 e. The molecule has 2 rings (SSSR count). The first kappa shape index (κ1) is 13.7. The Kier molecular flexibility index (Phi) is 4.27. The van der Waals surface area contributed by atoms with Gasteiger partial charge in [0.15, 0.2) is 0 Å². The summed E-state index contributed by atoms with van der Waals surface area (Å²) in [5.41, 5.74) is 13.0. The molecule has 1 aromatic rings. The zero-order valence-corrected chi connectivity index (χ0v) is 11.3. The molecule has 104 valence electrons. The molecule has 0 spiro atoms. The SMILES string of the molecule is CN(CC1CCOCC1)c1cccc(C(N)=O)c1N. The van der Waals surface area contributed by atoms with E-state index in [0.717, 1.165) is 38.3 Å². The van der Waals surface area contributed by atoms with Gasteiger partial charge in [-0.25, -0.2) is 0 Å². The number of hydrogen-bond acceptors (Lipinski definition) is 4. The minimum Gasteiger partial charge on any atom is -0.396 e. The molecule has 0 saturated carbocycles. The Labute approximate surface area is 113 Å². The van der Waals surface area contributed by atoms with Crippen molar-refractivity contribution in [2.75, 3.05) is 37.4 Å². The summed E-state index contributed by atoms with van der Waals surface area (Å²) in [6.07, 6.45) is 2.14. The molecular weight excluding hydrogens is 242 g/mol. The summed E-state index contributed by atoms with van der Waals surface area (Å²) in [6.45, 7) is 2.57. The van der Waals surface area contributed by atoms with Crippen LogP contribution >= 0.6 is 0 Å². The Hall–Kier alpha value is -1.75. The summed E-state index contributed by atoms with van der Waals surface area (Å²) in [5.74, 6) is 0.120. The highest BCUT2D eigenvalue weighted by Gasteiger charge is 2.18. The van der Waals surface area contributed by atoms with E-state index in [1.807, 2.05) is 19.2 Å². The Bertz CT molecular complexity index is 456. The smallest absolute Gasteiger partial charge is 0.250 e. The quantitative estimate of drug-likeness (QED) is 0.801. The van der Waals surface area contributed by atoms with Crippen LogP contribution < -0.4 is 16.4 Å². The molecule has 1 heterocycles. The molecule has 0 aliphatic carbocycles. The topological polar surface area (TPSA) is 81.6 Å². The number of para-hydroxylation sites is 1. The van der Waals surface area contributed by atoms with Crippen LogP contribution in [0.1, 0.15) is 23.2 Å². The third-order valence-corrected chi connectivity index (χ3v) is 3.63. The van der Waals surface area contributed by atoms with Gasteiger partial charge < -0.3 is 21.1 Å². The molecule has 1 fully saturated rings. The van der Waals surface area contributed by atoms with Crippen molar-refractivity contribution in [1.29, 1.82) is 0 Å². The van der Waals surface area contributed by atoms with Crippen LogP contribution in [0, 0.1) is 5.92 Å². The maximum atomic E-state index is 11.3. The van der Waals surface area contributed by atoms with Crippen molar-refractivity contribution < 1.29 is 9.53 Å². The second-order valence-electron chi connectivity index (χ2n) is 5.04. The fraction of sp³-hybridized carbons (Fsp3) is 0.500. The number of hydrogen-bond donors (Lipinski definition) is 2. The number of nitrogens with two attached hydrogens (primary N) is 2. The summed E-state index contributed by atoms with van der Waals surface area (Å²) in [5, 5.41) is 0.